The molecule has 0 aliphatic rings. The molecule has 1 heterocycles. The summed E-state index contributed by atoms with van der Waals surface area (Å²) in [7, 11) is 1.65. The molecule has 14 heavy (non-hydrogen) atoms. The van der Waals surface area contributed by atoms with E-state index >= 15 is 0 Å². The summed E-state index contributed by atoms with van der Waals surface area (Å²) >= 11 is 3.32. The average Bonchev–Trinajstić information content (AvgIpc) is 2.48. The minimum atomic E-state index is -2.51. The lowest BCUT2D eigenvalue weighted by molar-refractivity contribution is 0.143. The number of halogens is 3. The molecule has 1 aromatic heterocycles. The van der Waals surface area contributed by atoms with E-state index in [-0.39, 0.29) is 11.1 Å². The van der Waals surface area contributed by atoms with Crippen LogP contribution in [0.4, 0.5) is 8.78 Å². The quantitative estimate of drug-likeness (QED) is 0.770. The molecule has 0 saturated heterocycles. The number of hydrogen-bond donors (Lipinski definition) is 0. The molecule has 0 atom stereocenters. The molecule has 0 radical (unpaired) electrons. The molecule has 0 spiro atoms. The van der Waals surface area contributed by atoms with Crippen LogP contribution in [0.15, 0.2) is 6.20 Å². The number of hydrogen-bond acceptors (Lipinski definition) is 1. The van der Waals surface area contributed by atoms with Crippen LogP contribution >= 0.6 is 15.9 Å². The van der Waals surface area contributed by atoms with E-state index in [1.165, 1.54) is 4.68 Å². The van der Waals surface area contributed by atoms with Crippen LogP contribution in [0.3, 0.4) is 0 Å². The van der Waals surface area contributed by atoms with E-state index in [1.54, 1.807) is 13.2 Å². The summed E-state index contributed by atoms with van der Waals surface area (Å²) in [5.74, 6) is 0. The standard InChI is InChI=1S/C9H13BrF2N2/c1-9(2,5-10)6-4-14(3)13-7(6)8(11)12/h4,8H,5H2,1-3H3. The monoisotopic (exact) mass is 266 g/mol. The summed E-state index contributed by atoms with van der Waals surface area (Å²) in [6.45, 7) is 3.81. The van der Waals surface area contributed by atoms with Crippen LogP contribution in [0.2, 0.25) is 0 Å². The van der Waals surface area contributed by atoms with Gasteiger partial charge in [0.1, 0.15) is 5.69 Å². The third-order valence-electron chi connectivity index (χ3n) is 2.13. The maximum atomic E-state index is 12.6. The predicted molar refractivity (Wildman–Crippen MR) is 55.0 cm³/mol. The molecule has 0 bridgehead atoms. The van der Waals surface area contributed by atoms with Gasteiger partial charge in [-0.1, -0.05) is 29.8 Å². The van der Waals surface area contributed by atoms with E-state index in [2.05, 4.69) is 21.0 Å². The molecular weight excluding hydrogens is 254 g/mol. The Morgan fingerprint density at radius 1 is 1.57 bits per heavy atom. The van der Waals surface area contributed by atoms with Crippen molar-refractivity contribution in [3.63, 3.8) is 0 Å². The Balaban J connectivity index is 3.19. The van der Waals surface area contributed by atoms with Crippen molar-refractivity contribution in [3.8, 4) is 0 Å². The third kappa shape index (κ3) is 2.13. The second kappa shape index (κ2) is 3.96. The first kappa shape index (κ1) is 11.6. The lowest BCUT2D eigenvalue weighted by atomic mass is 9.87. The van der Waals surface area contributed by atoms with Crippen molar-refractivity contribution in [2.24, 2.45) is 7.05 Å². The van der Waals surface area contributed by atoms with Gasteiger partial charge in [-0.25, -0.2) is 8.78 Å². The highest BCUT2D eigenvalue weighted by atomic mass is 79.9. The molecule has 0 fully saturated rings. The largest absolute Gasteiger partial charge is 0.282 e. The Labute approximate surface area is 90.4 Å². The topological polar surface area (TPSA) is 17.8 Å². The molecule has 2 nitrogen and oxygen atoms in total. The van der Waals surface area contributed by atoms with Crippen molar-refractivity contribution in [1.82, 2.24) is 9.78 Å². The zero-order chi connectivity index (χ0) is 10.9. The first-order valence-corrected chi connectivity index (χ1v) is 5.39. The summed E-state index contributed by atoms with van der Waals surface area (Å²) in [6.07, 6.45) is -0.854. The predicted octanol–water partition coefficient (Wildman–Crippen LogP) is 3.03. The van der Waals surface area contributed by atoms with Gasteiger partial charge < -0.3 is 0 Å². The number of nitrogens with zero attached hydrogens (tertiary/aromatic N) is 2. The highest BCUT2D eigenvalue weighted by Crippen LogP contribution is 2.32. The lowest BCUT2D eigenvalue weighted by Crippen LogP contribution is -2.20. The lowest BCUT2D eigenvalue weighted by Gasteiger charge is -2.21. The maximum Gasteiger partial charge on any atom is 0.282 e. The zero-order valence-electron chi connectivity index (χ0n) is 8.39. The highest BCUT2D eigenvalue weighted by Gasteiger charge is 2.28. The summed E-state index contributed by atoms with van der Waals surface area (Å²) in [6, 6.07) is 0. The van der Waals surface area contributed by atoms with E-state index in [0.717, 1.165) is 0 Å². The first-order chi connectivity index (χ1) is 6.38. The highest BCUT2D eigenvalue weighted by molar-refractivity contribution is 9.09. The number of alkyl halides is 3. The van der Waals surface area contributed by atoms with Crippen LogP contribution in [0.5, 0.6) is 0 Å². The third-order valence-corrected chi connectivity index (χ3v) is 3.53. The van der Waals surface area contributed by atoms with Gasteiger partial charge in [-0.15, -0.1) is 0 Å². The van der Waals surface area contributed by atoms with Gasteiger partial charge >= 0.3 is 0 Å². The number of aromatic nitrogens is 2. The molecule has 5 heteroatoms. The molecule has 0 saturated carbocycles. The number of aryl methyl sites for hydroxylation is 1. The second-order valence-corrected chi connectivity index (χ2v) is 4.48. The van der Waals surface area contributed by atoms with Gasteiger partial charge in [-0.3, -0.25) is 4.68 Å². The van der Waals surface area contributed by atoms with Gasteiger partial charge in [0.2, 0.25) is 0 Å². The minimum Gasteiger partial charge on any atom is -0.275 e. The van der Waals surface area contributed by atoms with Crippen LogP contribution < -0.4 is 0 Å². The minimum absolute atomic E-state index is 0.114. The zero-order valence-corrected chi connectivity index (χ0v) is 9.98. The van der Waals surface area contributed by atoms with Gasteiger partial charge in [-0.2, -0.15) is 5.10 Å². The van der Waals surface area contributed by atoms with Gasteiger partial charge in [-0.05, 0) is 0 Å². The van der Waals surface area contributed by atoms with Crippen LogP contribution in [0.1, 0.15) is 31.5 Å². The fourth-order valence-electron chi connectivity index (χ4n) is 1.26. The Kier molecular flexibility index (Phi) is 3.29. The van der Waals surface area contributed by atoms with E-state index in [0.29, 0.717) is 10.9 Å². The molecular formula is C9H13BrF2N2. The van der Waals surface area contributed by atoms with Gasteiger partial charge in [0.25, 0.3) is 6.43 Å². The normalized spacial score (nSPS) is 12.5. The van der Waals surface area contributed by atoms with Crippen LogP contribution in [0, 0.1) is 0 Å². The molecule has 0 aromatic carbocycles. The van der Waals surface area contributed by atoms with E-state index in [4.69, 9.17) is 0 Å². The van der Waals surface area contributed by atoms with E-state index in [9.17, 15) is 8.78 Å². The molecule has 1 aromatic rings. The smallest absolute Gasteiger partial charge is 0.275 e. The number of rotatable bonds is 3. The Bertz CT molecular complexity index is 321. The molecule has 0 amide bonds. The summed E-state index contributed by atoms with van der Waals surface area (Å²) in [5, 5.41) is 4.40. The summed E-state index contributed by atoms with van der Waals surface area (Å²) in [5.41, 5.74) is 0.170. The fraction of sp³-hybridized carbons (Fsp3) is 0.667. The van der Waals surface area contributed by atoms with Crippen molar-refractivity contribution >= 4 is 15.9 Å². The van der Waals surface area contributed by atoms with Gasteiger partial charge in [0, 0.05) is 29.6 Å². The molecule has 0 aliphatic carbocycles. The van der Waals surface area contributed by atoms with E-state index in [1.807, 2.05) is 13.8 Å². The molecule has 1 rings (SSSR count). The van der Waals surface area contributed by atoms with Gasteiger partial charge in [0.05, 0.1) is 0 Å². The van der Waals surface area contributed by atoms with Crippen LogP contribution in [-0.2, 0) is 12.5 Å². The molecule has 80 valence electrons. The van der Waals surface area contributed by atoms with Crippen LogP contribution in [-0.4, -0.2) is 15.1 Å². The Morgan fingerprint density at radius 2 is 2.14 bits per heavy atom. The van der Waals surface area contributed by atoms with Crippen molar-refractivity contribution in [3.05, 3.63) is 17.5 Å². The molecule has 0 N–H and O–H groups in total. The molecule has 0 aliphatic heterocycles. The fourth-order valence-corrected chi connectivity index (χ4v) is 1.56. The summed E-state index contributed by atoms with van der Waals surface area (Å²) < 4.78 is 26.7. The van der Waals surface area contributed by atoms with Crippen molar-refractivity contribution in [2.45, 2.75) is 25.7 Å². The SMILES string of the molecule is Cn1cc(C(C)(C)CBr)c(C(F)F)n1. The maximum absolute atomic E-state index is 12.6. The van der Waals surface area contributed by atoms with Gasteiger partial charge in [0.15, 0.2) is 0 Å². The Morgan fingerprint density at radius 3 is 2.57 bits per heavy atom. The van der Waals surface area contributed by atoms with Crippen LogP contribution in [0.25, 0.3) is 0 Å². The second-order valence-electron chi connectivity index (χ2n) is 3.92. The van der Waals surface area contributed by atoms with Crippen molar-refractivity contribution in [1.29, 1.82) is 0 Å². The average molecular weight is 267 g/mol. The summed E-state index contributed by atoms with van der Waals surface area (Å²) in [4.78, 5) is 0. The molecule has 0 unspecified atom stereocenters. The van der Waals surface area contributed by atoms with Crippen molar-refractivity contribution in [2.75, 3.05) is 5.33 Å². The van der Waals surface area contributed by atoms with E-state index < -0.39 is 6.43 Å². The Hall–Kier alpha value is -0.450. The van der Waals surface area contributed by atoms with Crippen molar-refractivity contribution < 1.29 is 8.78 Å². The first-order valence-electron chi connectivity index (χ1n) is 4.26.